The molecule has 1 aromatic carbocycles. The van der Waals surface area contributed by atoms with Crippen LogP contribution in [-0.2, 0) is 0 Å². The predicted molar refractivity (Wildman–Crippen MR) is 117 cm³/mol. The molecule has 8 heteroatoms. The summed E-state index contributed by atoms with van der Waals surface area (Å²) in [5.74, 6) is 2.02. The normalized spacial score (nSPS) is 15.7. The highest BCUT2D eigenvalue weighted by atomic mass is 79.9. The van der Waals surface area contributed by atoms with Crippen molar-refractivity contribution in [2.75, 3.05) is 32.9 Å². The van der Waals surface area contributed by atoms with Gasteiger partial charge in [-0.3, -0.25) is 4.79 Å². The number of likely N-dealkylation sites (tertiary alicyclic amines) is 1. The molecule has 3 rings (SSSR count). The number of amides is 1. The van der Waals surface area contributed by atoms with Crippen molar-refractivity contribution in [2.24, 2.45) is 0 Å². The lowest BCUT2D eigenvalue weighted by Gasteiger charge is -2.20. The minimum Gasteiger partial charge on any atom is -0.490 e. The number of carbonyl (C=O) groups is 1. The van der Waals surface area contributed by atoms with Crippen molar-refractivity contribution in [1.29, 1.82) is 0 Å². The van der Waals surface area contributed by atoms with Gasteiger partial charge in [0.2, 0.25) is 11.6 Å². The quantitative estimate of drug-likeness (QED) is 0.533. The van der Waals surface area contributed by atoms with Crippen molar-refractivity contribution in [1.82, 2.24) is 9.88 Å². The van der Waals surface area contributed by atoms with Crippen LogP contribution < -0.4 is 18.9 Å². The van der Waals surface area contributed by atoms with E-state index in [1.807, 2.05) is 32.9 Å². The molecule has 1 fully saturated rings. The zero-order valence-corrected chi connectivity index (χ0v) is 19.1. The zero-order chi connectivity index (χ0) is 21.5. The second-order valence-electron chi connectivity index (χ2n) is 6.70. The lowest BCUT2D eigenvalue weighted by atomic mass is 10.1. The fourth-order valence-corrected chi connectivity index (χ4v) is 3.54. The Labute approximate surface area is 185 Å². The van der Waals surface area contributed by atoms with Gasteiger partial charge in [-0.2, -0.15) is 0 Å². The third-order valence-electron chi connectivity index (χ3n) is 4.58. The summed E-state index contributed by atoms with van der Waals surface area (Å²) in [6.45, 7) is 8.19. The van der Waals surface area contributed by atoms with E-state index in [0.717, 1.165) is 10.9 Å². The molecule has 0 N–H and O–H groups in total. The first-order valence-corrected chi connectivity index (χ1v) is 11.0. The predicted octanol–water partition coefficient (Wildman–Crippen LogP) is 4.33. The van der Waals surface area contributed by atoms with Crippen LogP contribution in [-0.4, -0.2) is 54.8 Å². The minimum atomic E-state index is -0.0944. The molecular weight excluding hydrogens is 452 g/mol. The van der Waals surface area contributed by atoms with E-state index in [4.69, 9.17) is 18.9 Å². The van der Waals surface area contributed by atoms with Crippen LogP contribution in [0.4, 0.5) is 0 Å². The van der Waals surface area contributed by atoms with Gasteiger partial charge in [0.05, 0.1) is 26.4 Å². The van der Waals surface area contributed by atoms with Gasteiger partial charge >= 0.3 is 0 Å². The van der Waals surface area contributed by atoms with Crippen LogP contribution in [0.15, 0.2) is 34.9 Å². The summed E-state index contributed by atoms with van der Waals surface area (Å²) in [6, 6.07) is 7.14. The Balaban J connectivity index is 1.76. The van der Waals surface area contributed by atoms with Crippen LogP contribution >= 0.6 is 15.9 Å². The van der Waals surface area contributed by atoms with Crippen molar-refractivity contribution in [3.63, 3.8) is 0 Å². The molecule has 1 saturated heterocycles. The number of rotatable bonds is 9. The summed E-state index contributed by atoms with van der Waals surface area (Å²) >= 11 is 3.36. The van der Waals surface area contributed by atoms with E-state index in [-0.39, 0.29) is 12.0 Å². The number of benzene rings is 1. The summed E-state index contributed by atoms with van der Waals surface area (Å²) in [5.41, 5.74) is 0.507. The van der Waals surface area contributed by atoms with Crippen molar-refractivity contribution in [3.05, 3.63) is 40.5 Å². The second-order valence-corrected chi connectivity index (χ2v) is 7.61. The summed E-state index contributed by atoms with van der Waals surface area (Å²) < 4.78 is 24.0. The summed E-state index contributed by atoms with van der Waals surface area (Å²) in [5, 5.41) is 0. The van der Waals surface area contributed by atoms with Gasteiger partial charge in [0, 0.05) is 35.3 Å². The molecule has 1 aliphatic rings. The van der Waals surface area contributed by atoms with Crippen molar-refractivity contribution in [3.8, 4) is 23.1 Å². The van der Waals surface area contributed by atoms with E-state index >= 15 is 0 Å². The maximum Gasteiger partial charge on any atom is 0.254 e. The molecule has 2 aromatic rings. The third-order valence-corrected chi connectivity index (χ3v) is 5.05. The van der Waals surface area contributed by atoms with Gasteiger partial charge in [-0.05, 0) is 54.9 Å². The van der Waals surface area contributed by atoms with Gasteiger partial charge in [0.25, 0.3) is 5.91 Å². The first-order valence-electron chi connectivity index (χ1n) is 10.2. The Morgan fingerprint density at radius 1 is 1.10 bits per heavy atom. The van der Waals surface area contributed by atoms with E-state index in [0.29, 0.717) is 61.6 Å². The van der Waals surface area contributed by atoms with Gasteiger partial charge in [-0.25, -0.2) is 4.98 Å². The Kier molecular flexibility index (Phi) is 7.79. The van der Waals surface area contributed by atoms with Crippen molar-refractivity contribution in [2.45, 2.75) is 33.3 Å². The standard InChI is InChI=1S/C22H27BrN2O5/c1-4-27-18-11-15(12-19(28-5-2)21(18)29-6-3)22(26)25-10-9-17(14-25)30-20-8-7-16(23)13-24-20/h7-8,11-13,17H,4-6,9-10,14H2,1-3H3. The fraction of sp³-hybridized carbons (Fsp3) is 0.455. The SMILES string of the molecule is CCOc1cc(C(=O)N2CCC(Oc3ccc(Br)cn3)C2)cc(OCC)c1OCC. The van der Waals surface area contributed by atoms with Crippen LogP contribution in [0.3, 0.4) is 0 Å². The molecule has 1 amide bonds. The summed E-state index contributed by atoms with van der Waals surface area (Å²) in [7, 11) is 0. The Morgan fingerprint density at radius 3 is 2.33 bits per heavy atom. The van der Waals surface area contributed by atoms with Gasteiger partial charge in [0.1, 0.15) is 6.10 Å². The van der Waals surface area contributed by atoms with Crippen LogP contribution in [0, 0.1) is 0 Å². The molecule has 1 unspecified atom stereocenters. The number of hydrogen-bond donors (Lipinski definition) is 0. The molecule has 162 valence electrons. The molecule has 0 aliphatic carbocycles. The topological polar surface area (TPSA) is 70.1 Å². The maximum absolute atomic E-state index is 13.2. The minimum absolute atomic E-state index is 0.0881. The zero-order valence-electron chi connectivity index (χ0n) is 17.5. The lowest BCUT2D eigenvalue weighted by Crippen LogP contribution is -2.31. The molecular formula is C22H27BrN2O5. The second kappa shape index (κ2) is 10.5. The number of nitrogens with zero attached hydrogens (tertiary/aromatic N) is 2. The molecule has 1 atom stereocenters. The van der Waals surface area contributed by atoms with E-state index in [1.165, 1.54) is 0 Å². The monoisotopic (exact) mass is 478 g/mol. The van der Waals surface area contributed by atoms with E-state index in [9.17, 15) is 4.79 Å². The lowest BCUT2D eigenvalue weighted by molar-refractivity contribution is 0.0770. The molecule has 1 aliphatic heterocycles. The Morgan fingerprint density at radius 2 is 1.77 bits per heavy atom. The van der Waals surface area contributed by atoms with Crippen LogP contribution in [0.2, 0.25) is 0 Å². The first-order chi connectivity index (χ1) is 14.5. The largest absolute Gasteiger partial charge is 0.490 e. The Hall–Kier alpha value is -2.48. The molecule has 0 radical (unpaired) electrons. The average molecular weight is 479 g/mol. The molecule has 0 bridgehead atoms. The maximum atomic E-state index is 13.2. The molecule has 30 heavy (non-hydrogen) atoms. The van der Waals surface area contributed by atoms with E-state index in [2.05, 4.69) is 20.9 Å². The number of carbonyl (C=O) groups excluding carboxylic acids is 1. The van der Waals surface area contributed by atoms with E-state index in [1.54, 1.807) is 23.2 Å². The van der Waals surface area contributed by atoms with Gasteiger partial charge < -0.3 is 23.8 Å². The highest BCUT2D eigenvalue weighted by molar-refractivity contribution is 9.10. The van der Waals surface area contributed by atoms with Crippen LogP contribution in [0.1, 0.15) is 37.6 Å². The van der Waals surface area contributed by atoms with Crippen molar-refractivity contribution >= 4 is 21.8 Å². The van der Waals surface area contributed by atoms with Crippen LogP contribution in [0.25, 0.3) is 0 Å². The molecule has 1 aromatic heterocycles. The average Bonchev–Trinajstić information content (AvgIpc) is 3.20. The molecule has 2 heterocycles. The van der Waals surface area contributed by atoms with Crippen LogP contribution in [0.5, 0.6) is 23.1 Å². The molecule has 0 saturated carbocycles. The van der Waals surface area contributed by atoms with Gasteiger partial charge in [-0.1, -0.05) is 0 Å². The van der Waals surface area contributed by atoms with Crippen molar-refractivity contribution < 1.29 is 23.7 Å². The molecule has 7 nitrogen and oxygen atoms in total. The number of hydrogen-bond acceptors (Lipinski definition) is 6. The Bertz CT molecular complexity index is 832. The number of halogens is 1. The summed E-state index contributed by atoms with van der Waals surface area (Å²) in [4.78, 5) is 19.2. The summed E-state index contributed by atoms with van der Waals surface area (Å²) in [6.07, 6.45) is 2.34. The first kappa shape index (κ1) is 22.2. The van der Waals surface area contributed by atoms with Gasteiger partial charge in [-0.15, -0.1) is 0 Å². The third kappa shape index (κ3) is 5.36. The molecule has 0 spiro atoms. The van der Waals surface area contributed by atoms with Gasteiger partial charge in [0.15, 0.2) is 11.5 Å². The smallest absolute Gasteiger partial charge is 0.254 e. The fourth-order valence-electron chi connectivity index (χ4n) is 3.31. The number of aromatic nitrogens is 1. The number of ether oxygens (including phenoxy) is 4. The highest BCUT2D eigenvalue weighted by Gasteiger charge is 2.30. The number of pyridine rings is 1. The highest BCUT2D eigenvalue weighted by Crippen LogP contribution is 2.39. The van der Waals surface area contributed by atoms with E-state index < -0.39 is 0 Å².